The maximum absolute atomic E-state index is 14.6. The molecule has 3 N–H and O–H groups in total. The van der Waals surface area contributed by atoms with E-state index in [1.807, 2.05) is 77.3 Å². The first-order valence-electron chi connectivity index (χ1n) is 22.6. The molecule has 62 heavy (non-hydrogen) atoms. The van der Waals surface area contributed by atoms with Crippen molar-refractivity contribution in [2.45, 2.75) is 130 Å². The average molecular weight is 864 g/mol. The van der Waals surface area contributed by atoms with Gasteiger partial charge in [-0.1, -0.05) is 97.4 Å². The van der Waals surface area contributed by atoms with E-state index in [1.54, 1.807) is 30.9 Å². The second-order valence-electron chi connectivity index (χ2n) is 18.1. The molecule has 3 amide bonds. The maximum Gasteiger partial charge on any atom is 0.326 e. The van der Waals surface area contributed by atoms with Crippen LogP contribution >= 0.6 is 0 Å². The molecule has 1 aliphatic heterocycles. The van der Waals surface area contributed by atoms with Gasteiger partial charge in [-0.3, -0.25) is 24.1 Å². The molecule has 2 aromatic carbocycles. The number of aliphatic carboxylic acids is 1. The highest BCUT2D eigenvalue weighted by Gasteiger charge is 2.43. The lowest BCUT2D eigenvalue weighted by atomic mass is 9.83. The van der Waals surface area contributed by atoms with Crippen molar-refractivity contribution in [3.63, 3.8) is 0 Å². The summed E-state index contributed by atoms with van der Waals surface area (Å²) in [5.41, 5.74) is 3.02. The molecular formula is C49H77N5O8. The van der Waals surface area contributed by atoms with E-state index in [-0.39, 0.29) is 60.7 Å². The number of likely N-dealkylation sites (N-methyl/N-ethyl adjacent to an activating group) is 2. The SMILES string of the molecule is CC[C@H](C)[C@@H]([C@@H](CC(=O)N1CCC[C@H]1[C@H](OC)[C@@H](C)C(=O)N[C@@H](Cc1ccccc1)C(=O)O)OC)N(C)C(=O)[C@@H](CC(=O)[C@H](C(C)C)N(C)CCc1ccc(NC)cc1)C(C)C. The van der Waals surface area contributed by atoms with Gasteiger partial charge in [0.15, 0.2) is 5.78 Å². The van der Waals surface area contributed by atoms with Crippen LogP contribution in [0.2, 0.25) is 0 Å². The molecule has 0 aromatic heterocycles. The van der Waals surface area contributed by atoms with Crippen molar-refractivity contribution in [2.75, 3.05) is 53.8 Å². The lowest BCUT2D eigenvalue weighted by molar-refractivity contribution is -0.149. The Labute approximate surface area is 371 Å². The number of carbonyl (C=O) groups excluding carboxylic acids is 4. The van der Waals surface area contributed by atoms with Crippen LogP contribution in [0.25, 0.3) is 0 Å². The molecule has 3 rings (SSSR count). The lowest BCUT2D eigenvalue weighted by Gasteiger charge is -2.41. The topological polar surface area (TPSA) is 158 Å². The van der Waals surface area contributed by atoms with Crippen LogP contribution in [-0.4, -0.2) is 134 Å². The quantitative estimate of drug-likeness (QED) is 0.0997. The molecule has 2 aromatic rings. The molecule has 0 spiro atoms. The molecule has 1 saturated heterocycles. The highest BCUT2D eigenvalue weighted by atomic mass is 16.5. The lowest BCUT2D eigenvalue weighted by Crippen LogP contribution is -2.55. The van der Waals surface area contributed by atoms with Crippen LogP contribution in [0.1, 0.15) is 91.7 Å². The molecule has 0 radical (unpaired) electrons. The second kappa shape index (κ2) is 25.1. The van der Waals surface area contributed by atoms with Crippen molar-refractivity contribution in [2.24, 2.45) is 29.6 Å². The van der Waals surface area contributed by atoms with Crippen LogP contribution in [0.5, 0.6) is 0 Å². The maximum atomic E-state index is 14.6. The number of carboxylic acid groups (broad SMARTS) is 1. The van der Waals surface area contributed by atoms with Crippen LogP contribution in [0, 0.1) is 29.6 Å². The Morgan fingerprint density at radius 3 is 2.05 bits per heavy atom. The minimum absolute atomic E-state index is 0.00200. The predicted octanol–water partition coefficient (Wildman–Crippen LogP) is 6.19. The molecule has 0 aliphatic carbocycles. The molecule has 0 bridgehead atoms. The third-order valence-electron chi connectivity index (χ3n) is 13.1. The number of hydrogen-bond donors (Lipinski definition) is 3. The fourth-order valence-corrected chi connectivity index (χ4v) is 9.28. The Balaban J connectivity index is 1.76. The number of carboxylic acids is 1. The van der Waals surface area contributed by atoms with Crippen LogP contribution in [0.3, 0.4) is 0 Å². The number of amides is 3. The van der Waals surface area contributed by atoms with E-state index >= 15 is 0 Å². The zero-order valence-corrected chi connectivity index (χ0v) is 39.6. The Kier molecular flexibility index (Phi) is 21.0. The summed E-state index contributed by atoms with van der Waals surface area (Å²) in [6, 6.07) is 15.0. The van der Waals surface area contributed by atoms with Gasteiger partial charge in [0.05, 0.1) is 42.7 Å². The van der Waals surface area contributed by atoms with Crippen LogP contribution in [-0.2, 0) is 46.3 Å². The van der Waals surface area contributed by atoms with Gasteiger partial charge in [0.1, 0.15) is 6.04 Å². The molecular weight excluding hydrogens is 787 g/mol. The molecule has 13 nitrogen and oxygen atoms in total. The molecule has 13 heteroatoms. The standard InChI is InChI=1S/C49H77N5O8/c1-13-33(6)45(53(10)48(58)38(31(2)3)29-41(55)44(32(4)5)52(9)27-25-35-21-23-37(50-8)24-22-35)42(61-11)30-43(56)54-26-17-20-40(54)46(62-12)34(7)47(57)51-39(49(59)60)28-36-18-15-14-16-19-36/h14-16,18-19,21-24,31-34,38-40,42,44-46,50H,13,17,20,25-30H2,1-12H3,(H,51,57)(H,59,60)/t33-,34+,38-,39-,40-,42+,44-,45-,46+/m0/s1. The molecule has 0 unspecified atom stereocenters. The van der Waals surface area contributed by atoms with E-state index in [0.29, 0.717) is 25.9 Å². The Hall–Kier alpha value is -4.33. The zero-order valence-electron chi connectivity index (χ0n) is 39.6. The first kappa shape index (κ1) is 52.0. The van der Waals surface area contributed by atoms with Gasteiger partial charge in [0.25, 0.3) is 0 Å². The smallest absolute Gasteiger partial charge is 0.326 e. The number of rotatable bonds is 26. The summed E-state index contributed by atoms with van der Waals surface area (Å²) >= 11 is 0. The summed E-state index contributed by atoms with van der Waals surface area (Å²) in [4.78, 5) is 74.5. The second-order valence-corrected chi connectivity index (χ2v) is 18.1. The fourth-order valence-electron chi connectivity index (χ4n) is 9.28. The van der Waals surface area contributed by atoms with Gasteiger partial charge in [0, 0.05) is 65.9 Å². The molecule has 346 valence electrons. The van der Waals surface area contributed by atoms with Gasteiger partial charge in [-0.05, 0) is 67.3 Å². The van der Waals surface area contributed by atoms with Crippen molar-refractivity contribution in [1.82, 2.24) is 20.0 Å². The first-order chi connectivity index (χ1) is 29.4. The Morgan fingerprint density at radius 2 is 1.52 bits per heavy atom. The summed E-state index contributed by atoms with van der Waals surface area (Å²) in [5.74, 6) is -3.31. The van der Waals surface area contributed by atoms with E-state index in [2.05, 4.69) is 48.4 Å². The number of nitrogens with one attached hydrogen (secondary N) is 2. The van der Waals surface area contributed by atoms with Crippen molar-refractivity contribution in [3.05, 3.63) is 65.7 Å². The zero-order chi connectivity index (χ0) is 46.3. The Morgan fingerprint density at radius 1 is 0.871 bits per heavy atom. The van der Waals surface area contributed by atoms with Crippen LogP contribution in [0.4, 0.5) is 5.69 Å². The summed E-state index contributed by atoms with van der Waals surface area (Å²) in [6.07, 6.45) is 1.74. The number of ketones is 1. The normalized spacial score (nSPS) is 18.1. The van der Waals surface area contributed by atoms with E-state index in [1.165, 1.54) is 12.7 Å². The summed E-state index contributed by atoms with van der Waals surface area (Å²) in [7, 11) is 8.71. The van der Waals surface area contributed by atoms with Crippen molar-refractivity contribution >= 4 is 35.2 Å². The summed E-state index contributed by atoms with van der Waals surface area (Å²) in [6.45, 7) is 15.0. The summed E-state index contributed by atoms with van der Waals surface area (Å²) < 4.78 is 12.0. The minimum Gasteiger partial charge on any atom is -0.480 e. The van der Waals surface area contributed by atoms with E-state index in [4.69, 9.17) is 9.47 Å². The minimum atomic E-state index is -1.14. The molecule has 1 heterocycles. The van der Waals surface area contributed by atoms with Crippen LogP contribution in [0.15, 0.2) is 54.6 Å². The van der Waals surface area contributed by atoms with Gasteiger partial charge in [-0.2, -0.15) is 0 Å². The average Bonchev–Trinajstić information content (AvgIpc) is 3.74. The molecule has 1 aliphatic rings. The van der Waals surface area contributed by atoms with Crippen LogP contribution < -0.4 is 10.6 Å². The molecule has 1 fully saturated rings. The molecule has 0 saturated carbocycles. The number of carbonyl (C=O) groups is 5. The van der Waals surface area contributed by atoms with E-state index in [9.17, 15) is 29.1 Å². The van der Waals surface area contributed by atoms with Gasteiger partial charge in [-0.25, -0.2) is 4.79 Å². The largest absolute Gasteiger partial charge is 0.480 e. The highest BCUT2D eigenvalue weighted by Crippen LogP contribution is 2.31. The number of benzene rings is 2. The molecule has 9 atom stereocenters. The van der Waals surface area contributed by atoms with Gasteiger partial charge in [-0.15, -0.1) is 0 Å². The number of ether oxygens (including phenoxy) is 2. The first-order valence-corrected chi connectivity index (χ1v) is 22.6. The van der Waals surface area contributed by atoms with Gasteiger partial charge in [0.2, 0.25) is 17.7 Å². The van der Waals surface area contributed by atoms with Crippen molar-refractivity contribution < 1.29 is 38.6 Å². The fraction of sp³-hybridized carbons (Fsp3) is 0.653. The third-order valence-corrected chi connectivity index (χ3v) is 13.1. The van der Waals surface area contributed by atoms with E-state index < -0.39 is 54.0 Å². The van der Waals surface area contributed by atoms with Crippen molar-refractivity contribution in [3.8, 4) is 0 Å². The number of methoxy groups -OCH3 is 2. The van der Waals surface area contributed by atoms with Gasteiger partial charge >= 0.3 is 5.97 Å². The number of likely N-dealkylation sites (tertiary alicyclic amines) is 1. The Bertz CT molecular complexity index is 1720. The number of hydrogen-bond acceptors (Lipinski definition) is 9. The van der Waals surface area contributed by atoms with Crippen molar-refractivity contribution in [1.29, 1.82) is 0 Å². The number of nitrogens with zero attached hydrogens (tertiary/aromatic N) is 3. The number of anilines is 1. The summed E-state index contributed by atoms with van der Waals surface area (Å²) in [5, 5.41) is 15.8. The monoisotopic (exact) mass is 864 g/mol. The third kappa shape index (κ3) is 14.1. The van der Waals surface area contributed by atoms with Gasteiger partial charge < -0.3 is 35.0 Å². The number of Topliss-reactive ketones (excluding diaryl/α,β-unsaturated/α-hetero) is 1. The predicted molar refractivity (Wildman–Crippen MR) is 245 cm³/mol. The highest BCUT2D eigenvalue weighted by molar-refractivity contribution is 5.90. The van der Waals surface area contributed by atoms with E-state index in [0.717, 1.165) is 24.1 Å².